The van der Waals surface area contributed by atoms with Crippen molar-refractivity contribution in [2.75, 3.05) is 12.4 Å². The van der Waals surface area contributed by atoms with Gasteiger partial charge < -0.3 is 9.47 Å². The highest BCUT2D eigenvalue weighted by atomic mass is 32.2. The average molecular weight is 568 g/mol. The lowest BCUT2D eigenvalue weighted by Crippen LogP contribution is -2.22. The molecule has 7 heteroatoms. The number of hydrogen-bond acceptors (Lipinski definition) is 6. The lowest BCUT2D eigenvalue weighted by Gasteiger charge is -2.18. The van der Waals surface area contributed by atoms with E-state index in [4.69, 9.17) is 9.47 Å². The molecule has 0 aliphatic rings. The zero-order valence-corrected chi connectivity index (χ0v) is 25.2. The highest BCUT2D eigenvalue weighted by Gasteiger charge is 2.18. The highest BCUT2D eigenvalue weighted by Crippen LogP contribution is 2.21. The molecule has 0 N–H and O–H groups in total. The molecule has 2 aromatic rings. The van der Waals surface area contributed by atoms with Crippen molar-refractivity contribution in [1.82, 2.24) is 0 Å². The molecule has 0 spiro atoms. The highest BCUT2D eigenvalue weighted by molar-refractivity contribution is 8.13. The number of rotatable bonds is 19. The molecule has 0 fully saturated rings. The number of ether oxygens (including phenoxy) is 2. The molecule has 2 aromatic carbocycles. The SMILES string of the molecule is CC(=O)SCCCCCCCCCCCCCOc1ccc(C#CC(C)(C)OCc2ccccc2[N+](=O)[O-])cc1. The van der Waals surface area contributed by atoms with Gasteiger partial charge in [0.1, 0.15) is 11.4 Å². The maximum atomic E-state index is 11.2. The topological polar surface area (TPSA) is 78.7 Å². The first kappa shape index (κ1) is 33.4. The number of nitro groups is 1. The first-order valence-electron chi connectivity index (χ1n) is 14.5. The maximum absolute atomic E-state index is 11.2. The monoisotopic (exact) mass is 567 g/mol. The Bertz CT molecular complexity index is 1090. The zero-order chi connectivity index (χ0) is 29.1. The molecule has 40 heavy (non-hydrogen) atoms. The van der Waals surface area contributed by atoms with Gasteiger partial charge in [-0.25, -0.2) is 0 Å². The van der Waals surface area contributed by atoms with Crippen LogP contribution in [0.2, 0.25) is 0 Å². The first-order chi connectivity index (χ1) is 19.3. The Morgan fingerprint density at radius 3 is 2.05 bits per heavy atom. The average Bonchev–Trinajstić information content (AvgIpc) is 2.93. The molecule has 6 nitrogen and oxygen atoms in total. The van der Waals surface area contributed by atoms with Gasteiger partial charge in [0.15, 0.2) is 5.12 Å². The van der Waals surface area contributed by atoms with Crippen molar-refractivity contribution >= 4 is 22.6 Å². The third-order valence-corrected chi connectivity index (χ3v) is 7.40. The van der Waals surface area contributed by atoms with Gasteiger partial charge in [0.25, 0.3) is 5.69 Å². The van der Waals surface area contributed by atoms with Crippen LogP contribution in [0.25, 0.3) is 0 Å². The minimum absolute atomic E-state index is 0.0535. The van der Waals surface area contributed by atoms with Crippen LogP contribution in [0.5, 0.6) is 5.75 Å². The fourth-order valence-corrected chi connectivity index (χ4v) is 4.80. The quantitative estimate of drug-likeness (QED) is 0.0730. The number of benzene rings is 2. The van der Waals surface area contributed by atoms with Crippen LogP contribution in [0, 0.1) is 22.0 Å². The van der Waals surface area contributed by atoms with Gasteiger partial charge in [0, 0.05) is 24.3 Å². The minimum Gasteiger partial charge on any atom is -0.494 e. The van der Waals surface area contributed by atoms with Crippen LogP contribution < -0.4 is 4.74 Å². The summed E-state index contributed by atoms with van der Waals surface area (Å²) in [5, 5.41) is 11.4. The number of nitro benzene ring substituents is 1. The van der Waals surface area contributed by atoms with Crippen LogP contribution in [0.3, 0.4) is 0 Å². The van der Waals surface area contributed by atoms with Gasteiger partial charge in [-0.15, -0.1) is 0 Å². The molecule has 0 bridgehead atoms. The number of para-hydroxylation sites is 1. The van der Waals surface area contributed by atoms with Crippen LogP contribution in [0.4, 0.5) is 5.69 Å². The van der Waals surface area contributed by atoms with Crippen molar-refractivity contribution in [3.8, 4) is 17.6 Å². The summed E-state index contributed by atoms with van der Waals surface area (Å²) in [6, 6.07) is 14.3. The van der Waals surface area contributed by atoms with E-state index in [0.29, 0.717) is 5.56 Å². The van der Waals surface area contributed by atoms with Crippen molar-refractivity contribution in [3.63, 3.8) is 0 Å². The van der Waals surface area contributed by atoms with Gasteiger partial charge >= 0.3 is 0 Å². The predicted molar refractivity (Wildman–Crippen MR) is 165 cm³/mol. The third-order valence-electron chi connectivity index (χ3n) is 6.50. The second-order valence-electron chi connectivity index (χ2n) is 10.5. The Balaban J connectivity index is 1.54. The summed E-state index contributed by atoms with van der Waals surface area (Å²) >= 11 is 1.45. The summed E-state index contributed by atoms with van der Waals surface area (Å²) in [5.41, 5.74) is 0.693. The van der Waals surface area contributed by atoms with Crippen LogP contribution in [0.1, 0.15) is 103 Å². The molecule has 0 aliphatic carbocycles. The number of carbonyl (C=O) groups is 1. The van der Waals surface area contributed by atoms with E-state index < -0.39 is 10.5 Å². The molecular formula is C33H45NO5S. The Hall–Kier alpha value is -2.82. The second kappa shape index (κ2) is 19.3. The minimum atomic E-state index is -0.754. The lowest BCUT2D eigenvalue weighted by molar-refractivity contribution is -0.386. The van der Waals surface area contributed by atoms with Crippen LogP contribution in [-0.4, -0.2) is 28.0 Å². The summed E-state index contributed by atoms with van der Waals surface area (Å²) < 4.78 is 11.8. The van der Waals surface area contributed by atoms with Crippen LogP contribution >= 0.6 is 11.8 Å². The molecule has 2 rings (SSSR count). The van der Waals surface area contributed by atoms with E-state index in [1.54, 1.807) is 25.1 Å². The van der Waals surface area contributed by atoms with Gasteiger partial charge in [0.05, 0.1) is 23.7 Å². The van der Waals surface area contributed by atoms with E-state index in [9.17, 15) is 14.9 Å². The molecule has 0 heterocycles. The Morgan fingerprint density at radius 1 is 0.875 bits per heavy atom. The van der Waals surface area contributed by atoms with Gasteiger partial charge in [-0.1, -0.05) is 93.5 Å². The number of hydrogen-bond donors (Lipinski definition) is 0. The van der Waals surface area contributed by atoms with Crippen LogP contribution in [-0.2, 0) is 16.1 Å². The first-order valence-corrected chi connectivity index (χ1v) is 15.5. The lowest BCUT2D eigenvalue weighted by atomic mass is 10.1. The van der Waals surface area contributed by atoms with E-state index in [0.717, 1.165) is 36.5 Å². The van der Waals surface area contributed by atoms with E-state index in [-0.39, 0.29) is 17.4 Å². The molecule has 0 saturated heterocycles. The second-order valence-corrected chi connectivity index (χ2v) is 11.8. The van der Waals surface area contributed by atoms with Crippen molar-refractivity contribution in [1.29, 1.82) is 0 Å². The Labute approximate surface area is 244 Å². The molecule has 0 aliphatic heterocycles. The molecule has 0 saturated carbocycles. The van der Waals surface area contributed by atoms with Gasteiger partial charge in [-0.05, 0) is 57.0 Å². The van der Waals surface area contributed by atoms with E-state index in [2.05, 4.69) is 11.8 Å². The van der Waals surface area contributed by atoms with Gasteiger partial charge in [-0.3, -0.25) is 14.9 Å². The fourth-order valence-electron chi connectivity index (χ4n) is 4.16. The van der Waals surface area contributed by atoms with Crippen molar-refractivity contribution in [2.45, 2.75) is 104 Å². The maximum Gasteiger partial charge on any atom is 0.274 e. The molecule has 218 valence electrons. The van der Waals surface area contributed by atoms with E-state index in [1.807, 2.05) is 38.1 Å². The van der Waals surface area contributed by atoms with E-state index >= 15 is 0 Å². The Kier molecular flexibility index (Phi) is 16.1. The van der Waals surface area contributed by atoms with Crippen molar-refractivity contribution in [3.05, 3.63) is 69.8 Å². The summed E-state index contributed by atoms with van der Waals surface area (Å²) in [6.45, 7) is 6.19. The molecule has 0 aromatic heterocycles. The summed E-state index contributed by atoms with van der Waals surface area (Å²) in [6.07, 6.45) is 13.8. The molecule has 0 atom stereocenters. The molecular weight excluding hydrogens is 522 g/mol. The standard InChI is InChI=1S/C33H45NO5S/c1-28(35)40-26-16-12-10-8-6-4-5-7-9-11-15-25-38-31-21-19-29(20-22-31)23-24-33(2,3)39-27-30-17-13-14-18-32(30)34(36)37/h13-14,17-22H,4-12,15-16,25-27H2,1-3H3. The molecule has 0 amide bonds. The predicted octanol–water partition coefficient (Wildman–Crippen LogP) is 8.89. The fraction of sp³-hybridized carbons (Fsp3) is 0.545. The van der Waals surface area contributed by atoms with Crippen molar-refractivity contribution < 1.29 is 19.2 Å². The summed E-state index contributed by atoms with van der Waals surface area (Å²) in [4.78, 5) is 21.7. The molecule has 0 unspecified atom stereocenters. The molecule has 0 radical (unpaired) electrons. The smallest absolute Gasteiger partial charge is 0.274 e. The third kappa shape index (κ3) is 15.1. The summed E-state index contributed by atoms with van der Waals surface area (Å²) in [5.74, 6) is 8.07. The number of unbranched alkanes of at least 4 members (excludes halogenated alkanes) is 10. The summed E-state index contributed by atoms with van der Waals surface area (Å²) in [7, 11) is 0. The van der Waals surface area contributed by atoms with E-state index in [1.165, 1.54) is 75.6 Å². The van der Waals surface area contributed by atoms with Gasteiger partial charge in [0.2, 0.25) is 0 Å². The normalized spacial score (nSPS) is 11.1. The number of nitrogens with zero attached hydrogens (tertiary/aromatic N) is 1. The number of carbonyl (C=O) groups excluding carboxylic acids is 1. The number of thioether (sulfide) groups is 1. The largest absolute Gasteiger partial charge is 0.494 e. The Morgan fingerprint density at radius 2 is 1.45 bits per heavy atom. The zero-order valence-electron chi connectivity index (χ0n) is 24.4. The van der Waals surface area contributed by atoms with Gasteiger partial charge in [-0.2, -0.15) is 0 Å². The van der Waals surface area contributed by atoms with Crippen LogP contribution in [0.15, 0.2) is 48.5 Å². The van der Waals surface area contributed by atoms with Crippen molar-refractivity contribution in [2.24, 2.45) is 0 Å².